The van der Waals surface area contributed by atoms with Gasteiger partial charge in [-0.15, -0.1) is 0 Å². The van der Waals surface area contributed by atoms with Crippen LogP contribution in [-0.4, -0.2) is 11.9 Å². The molecule has 0 fully saturated rings. The highest BCUT2D eigenvalue weighted by atomic mass is 32.1. The van der Waals surface area contributed by atoms with Crippen LogP contribution in [0.4, 0.5) is 4.39 Å². The van der Waals surface area contributed by atoms with Crippen molar-refractivity contribution in [1.82, 2.24) is 0 Å². The van der Waals surface area contributed by atoms with E-state index in [1.54, 1.807) is 12.2 Å². The second kappa shape index (κ2) is 3.06. The molecule has 9 heavy (non-hydrogen) atoms. The molecule has 0 bridgehead atoms. The minimum Gasteiger partial charge on any atom is -0.243 e. The molecule has 0 heterocycles. The van der Waals surface area contributed by atoms with Gasteiger partial charge in [0.1, 0.15) is 6.17 Å². The van der Waals surface area contributed by atoms with E-state index in [1.165, 1.54) is 0 Å². The lowest BCUT2D eigenvalue weighted by atomic mass is 10.1. The number of alkyl halides is 1. The first-order chi connectivity index (χ1) is 4.33. The van der Waals surface area contributed by atoms with Crippen LogP contribution in [0.5, 0.6) is 0 Å². The Morgan fingerprint density at radius 2 is 2.56 bits per heavy atom. The predicted molar refractivity (Wildman–Crippen MR) is 40.6 cm³/mol. The molecule has 0 aromatic heterocycles. The van der Waals surface area contributed by atoms with Crippen molar-refractivity contribution in [1.29, 1.82) is 0 Å². The monoisotopic (exact) mass is 144 g/mol. The smallest absolute Gasteiger partial charge is 0.122 e. The summed E-state index contributed by atoms with van der Waals surface area (Å²) in [4.78, 5) is 0. The minimum atomic E-state index is -0.770. The number of hydrogen-bond acceptors (Lipinski definition) is 1. The number of rotatable bonds is 1. The van der Waals surface area contributed by atoms with Gasteiger partial charge in [0.15, 0.2) is 0 Å². The quantitative estimate of drug-likeness (QED) is 0.535. The van der Waals surface area contributed by atoms with Crippen molar-refractivity contribution in [2.24, 2.45) is 0 Å². The van der Waals surface area contributed by atoms with E-state index in [1.807, 2.05) is 6.08 Å². The molecule has 1 unspecified atom stereocenters. The number of hydrogen-bond donors (Lipinski definition) is 1. The summed E-state index contributed by atoms with van der Waals surface area (Å²) in [6.45, 7) is 0. The summed E-state index contributed by atoms with van der Waals surface area (Å²) in [5.41, 5.74) is 1.12. The van der Waals surface area contributed by atoms with Gasteiger partial charge in [0, 0.05) is 12.2 Å². The van der Waals surface area contributed by atoms with Crippen LogP contribution in [0.1, 0.15) is 6.42 Å². The first-order valence-corrected chi connectivity index (χ1v) is 3.58. The molecule has 0 N–H and O–H groups in total. The predicted octanol–water partition coefficient (Wildman–Crippen LogP) is 2.14. The Morgan fingerprint density at radius 3 is 3.00 bits per heavy atom. The Labute approximate surface area is 59.9 Å². The van der Waals surface area contributed by atoms with Crippen molar-refractivity contribution in [2.45, 2.75) is 12.6 Å². The van der Waals surface area contributed by atoms with E-state index >= 15 is 0 Å². The lowest BCUT2D eigenvalue weighted by Crippen LogP contribution is -1.98. The Bertz CT molecular complexity index is 149. The number of thiol groups is 1. The fraction of sp³-hybridized carbons (Fsp3) is 0.429. The first-order valence-electron chi connectivity index (χ1n) is 2.95. The van der Waals surface area contributed by atoms with Crippen LogP contribution in [0.3, 0.4) is 0 Å². The Morgan fingerprint density at radius 1 is 1.78 bits per heavy atom. The van der Waals surface area contributed by atoms with E-state index in [2.05, 4.69) is 12.6 Å². The SMILES string of the molecule is FC1C=CC(CS)=CC1. The molecule has 0 saturated carbocycles. The summed E-state index contributed by atoms with van der Waals surface area (Å²) in [5.74, 6) is 0.712. The molecule has 50 valence electrons. The zero-order valence-corrected chi connectivity index (χ0v) is 5.94. The maximum absolute atomic E-state index is 12.3. The van der Waals surface area contributed by atoms with Gasteiger partial charge in [-0.25, -0.2) is 4.39 Å². The third-order valence-corrected chi connectivity index (χ3v) is 1.67. The third-order valence-electron chi connectivity index (χ3n) is 1.31. The van der Waals surface area contributed by atoms with Crippen LogP contribution in [0.25, 0.3) is 0 Å². The topological polar surface area (TPSA) is 0 Å². The molecular formula is C7H9FS. The van der Waals surface area contributed by atoms with Gasteiger partial charge in [0.25, 0.3) is 0 Å². The van der Waals surface area contributed by atoms with Gasteiger partial charge in [-0.05, 0) is 5.57 Å². The number of halogens is 1. The van der Waals surface area contributed by atoms with Gasteiger partial charge in [-0.1, -0.05) is 18.2 Å². The van der Waals surface area contributed by atoms with E-state index in [-0.39, 0.29) is 0 Å². The van der Waals surface area contributed by atoms with Crippen molar-refractivity contribution < 1.29 is 4.39 Å². The lowest BCUT2D eigenvalue weighted by molar-refractivity contribution is 0.400. The molecule has 0 spiro atoms. The minimum absolute atomic E-state index is 0.520. The van der Waals surface area contributed by atoms with Crippen molar-refractivity contribution in [2.75, 3.05) is 5.75 Å². The Hall–Kier alpha value is -0.240. The highest BCUT2D eigenvalue weighted by molar-refractivity contribution is 7.80. The summed E-state index contributed by atoms with van der Waals surface area (Å²) in [6.07, 6.45) is 5.00. The molecular weight excluding hydrogens is 135 g/mol. The van der Waals surface area contributed by atoms with Crippen molar-refractivity contribution >= 4 is 12.6 Å². The van der Waals surface area contributed by atoms with Crippen LogP contribution >= 0.6 is 12.6 Å². The molecule has 0 nitrogen and oxygen atoms in total. The van der Waals surface area contributed by atoms with Gasteiger partial charge in [-0.2, -0.15) is 12.6 Å². The summed E-state index contributed by atoms with van der Waals surface area (Å²) in [7, 11) is 0. The van der Waals surface area contributed by atoms with Crippen LogP contribution in [0, 0.1) is 0 Å². The molecule has 1 aliphatic rings. The summed E-state index contributed by atoms with van der Waals surface area (Å²) in [6, 6.07) is 0. The van der Waals surface area contributed by atoms with Crippen LogP contribution in [-0.2, 0) is 0 Å². The Balaban J connectivity index is 2.52. The zero-order chi connectivity index (χ0) is 6.69. The van der Waals surface area contributed by atoms with Crippen LogP contribution < -0.4 is 0 Å². The molecule has 0 amide bonds. The van der Waals surface area contributed by atoms with Gasteiger partial charge in [-0.3, -0.25) is 0 Å². The molecule has 0 aromatic carbocycles. The van der Waals surface area contributed by atoms with Gasteiger partial charge in [0.2, 0.25) is 0 Å². The van der Waals surface area contributed by atoms with E-state index in [4.69, 9.17) is 0 Å². The van der Waals surface area contributed by atoms with Crippen LogP contribution in [0.2, 0.25) is 0 Å². The molecule has 1 aliphatic carbocycles. The lowest BCUT2D eigenvalue weighted by Gasteiger charge is -2.05. The van der Waals surface area contributed by atoms with E-state index in [9.17, 15) is 4.39 Å². The van der Waals surface area contributed by atoms with Crippen molar-refractivity contribution in [3.63, 3.8) is 0 Å². The number of allylic oxidation sites excluding steroid dienone is 3. The molecule has 0 aliphatic heterocycles. The average molecular weight is 144 g/mol. The molecule has 1 atom stereocenters. The molecule has 2 heteroatoms. The second-order valence-corrected chi connectivity index (χ2v) is 2.36. The third kappa shape index (κ3) is 1.86. The van der Waals surface area contributed by atoms with Crippen molar-refractivity contribution in [3.8, 4) is 0 Å². The first kappa shape index (κ1) is 6.87. The van der Waals surface area contributed by atoms with E-state index in [0.29, 0.717) is 12.2 Å². The fourth-order valence-electron chi connectivity index (χ4n) is 0.756. The Kier molecular flexibility index (Phi) is 2.34. The normalized spacial score (nSPS) is 26.0. The largest absolute Gasteiger partial charge is 0.243 e. The molecule has 0 saturated heterocycles. The molecule has 0 aromatic rings. The van der Waals surface area contributed by atoms with Gasteiger partial charge < -0.3 is 0 Å². The van der Waals surface area contributed by atoms with E-state index in [0.717, 1.165) is 5.57 Å². The fourth-order valence-corrected chi connectivity index (χ4v) is 0.990. The molecule has 1 rings (SSSR count). The van der Waals surface area contributed by atoms with Gasteiger partial charge >= 0.3 is 0 Å². The maximum Gasteiger partial charge on any atom is 0.122 e. The zero-order valence-electron chi connectivity index (χ0n) is 5.05. The van der Waals surface area contributed by atoms with Gasteiger partial charge in [0.05, 0.1) is 0 Å². The summed E-state index contributed by atoms with van der Waals surface area (Å²) in [5, 5.41) is 0. The highest BCUT2D eigenvalue weighted by Crippen LogP contribution is 2.13. The average Bonchev–Trinajstić information content (AvgIpc) is 1.90. The van der Waals surface area contributed by atoms with E-state index < -0.39 is 6.17 Å². The summed E-state index contributed by atoms with van der Waals surface area (Å²) < 4.78 is 12.3. The standard InChI is InChI=1S/C7H9FS/c8-7-3-1-6(5-9)2-4-7/h1-3,7,9H,4-5H2. The second-order valence-electron chi connectivity index (χ2n) is 2.05. The molecule has 0 radical (unpaired) electrons. The summed E-state index contributed by atoms with van der Waals surface area (Å²) >= 11 is 4.05. The van der Waals surface area contributed by atoms with Crippen LogP contribution in [0.15, 0.2) is 23.8 Å². The van der Waals surface area contributed by atoms with Crippen molar-refractivity contribution in [3.05, 3.63) is 23.8 Å². The maximum atomic E-state index is 12.3. The highest BCUT2D eigenvalue weighted by Gasteiger charge is 2.03.